The SMILES string of the molecule is CCC(=O)NCCN1C(=O)C(C)(C)Oc2cc(F)c(C(=O)N(CC)[C@@H]3CCCC[C@H]3c3cc(F)c(F)cc3F)cc21. The second-order valence-corrected chi connectivity index (χ2v) is 10.9. The molecule has 0 radical (unpaired) electrons. The molecule has 2 aliphatic rings. The number of carbonyl (C=O) groups excluding carboxylic acids is 3. The maximum atomic E-state index is 15.5. The van der Waals surface area contributed by atoms with Crippen molar-refractivity contribution in [3.63, 3.8) is 0 Å². The Hall–Kier alpha value is -3.63. The van der Waals surface area contributed by atoms with Gasteiger partial charge < -0.3 is 19.9 Å². The predicted molar refractivity (Wildman–Crippen MR) is 145 cm³/mol. The normalized spacial score (nSPS) is 19.8. The number of anilines is 1. The van der Waals surface area contributed by atoms with Gasteiger partial charge in [0, 0.05) is 50.1 Å². The van der Waals surface area contributed by atoms with Crippen LogP contribution in [0.1, 0.15) is 81.6 Å². The quantitative estimate of drug-likeness (QED) is 0.334. The lowest BCUT2D eigenvalue weighted by molar-refractivity contribution is -0.132. The highest BCUT2D eigenvalue weighted by Gasteiger charge is 2.42. The standard InChI is InChI=1S/C30H35F4N3O4/c1-5-27(38)35-11-12-37-25-14-19(21(32)16-26(25)41-30(3,4)29(37)40)28(39)36(6-2)24-10-8-7-9-17(24)18-13-22(33)23(34)15-20(18)31/h13-17,24H,5-12H2,1-4H3,(H,35,38)/t17-,24+/m0/s1. The lowest BCUT2D eigenvalue weighted by Crippen LogP contribution is -2.54. The highest BCUT2D eigenvalue weighted by atomic mass is 19.2. The fourth-order valence-corrected chi connectivity index (χ4v) is 5.76. The highest BCUT2D eigenvalue weighted by Crippen LogP contribution is 2.42. The summed E-state index contributed by atoms with van der Waals surface area (Å²) in [7, 11) is 0. The molecule has 7 nitrogen and oxygen atoms in total. The van der Waals surface area contributed by atoms with Gasteiger partial charge in [-0.25, -0.2) is 17.6 Å². The van der Waals surface area contributed by atoms with Crippen molar-refractivity contribution >= 4 is 23.4 Å². The van der Waals surface area contributed by atoms with Crippen LogP contribution in [0.4, 0.5) is 23.2 Å². The van der Waals surface area contributed by atoms with Gasteiger partial charge in [-0.05, 0) is 51.3 Å². The summed E-state index contributed by atoms with van der Waals surface area (Å²) in [4.78, 5) is 41.7. The molecule has 1 aliphatic heterocycles. The first-order valence-electron chi connectivity index (χ1n) is 14.0. The Labute approximate surface area is 236 Å². The van der Waals surface area contributed by atoms with E-state index in [4.69, 9.17) is 4.74 Å². The summed E-state index contributed by atoms with van der Waals surface area (Å²) >= 11 is 0. The van der Waals surface area contributed by atoms with E-state index < -0.39 is 52.6 Å². The van der Waals surface area contributed by atoms with Gasteiger partial charge in [0.05, 0.1) is 11.3 Å². The Balaban J connectivity index is 1.70. The summed E-state index contributed by atoms with van der Waals surface area (Å²) in [5, 5.41) is 2.71. The lowest BCUT2D eigenvalue weighted by atomic mass is 9.78. The Kier molecular flexibility index (Phi) is 8.94. The van der Waals surface area contributed by atoms with Crippen LogP contribution < -0.4 is 15.0 Å². The van der Waals surface area contributed by atoms with Gasteiger partial charge >= 0.3 is 0 Å². The lowest BCUT2D eigenvalue weighted by Gasteiger charge is -2.41. The molecule has 0 unspecified atom stereocenters. The summed E-state index contributed by atoms with van der Waals surface area (Å²) in [6, 6.07) is 3.09. The largest absolute Gasteiger partial charge is 0.476 e. The molecule has 2 atom stereocenters. The second-order valence-electron chi connectivity index (χ2n) is 10.9. The van der Waals surface area contributed by atoms with E-state index in [-0.39, 0.29) is 54.5 Å². The number of rotatable bonds is 8. The van der Waals surface area contributed by atoms with E-state index in [1.807, 2.05) is 0 Å². The summed E-state index contributed by atoms with van der Waals surface area (Å²) in [6.45, 7) is 6.86. The number of nitrogens with zero attached hydrogens (tertiary/aromatic N) is 2. The number of hydrogen-bond donors (Lipinski definition) is 1. The molecule has 222 valence electrons. The molecule has 1 saturated carbocycles. The minimum Gasteiger partial charge on any atom is -0.476 e. The first-order valence-corrected chi connectivity index (χ1v) is 14.0. The Bertz CT molecular complexity index is 1350. The Morgan fingerprint density at radius 2 is 1.68 bits per heavy atom. The third kappa shape index (κ3) is 6.04. The topological polar surface area (TPSA) is 79.0 Å². The van der Waals surface area contributed by atoms with Crippen molar-refractivity contribution in [1.82, 2.24) is 10.2 Å². The molecule has 0 aromatic heterocycles. The van der Waals surface area contributed by atoms with Gasteiger partial charge in [-0.15, -0.1) is 0 Å². The molecule has 0 spiro atoms. The van der Waals surface area contributed by atoms with E-state index >= 15 is 4.39 Å². The average Bonchev–Trinajstić information content (AvgIpc) is 2.93. The average molecular weight is 578 g/mol. The van der Waals surface area contributed by atoms with Crippen LogP contribution in [0.2, 0.25) is 0 Å². The minimum atomic E-state index is -1.31. The maximum Gasteiger partial charge on any atom is 0.270 e. The van der Waals surface area contributed by atoms with Crippen LogP contribution in [0.25, 0.3) is 0 Å². The summed E-state index contributed by atoms with van der Waals surface area (Å²) in [5.41, 5.74) is -1.45. The van der Waals surface area contributed by atoms with Gasteiger partial charge in [0.25, 0.3) is 11.8 Å². The van der Waals surface area contributed by atoms with Crippen LogP contribution in [0.5, 0.6) is 5.75 Å². The van der Waals surface area contributed by atoms with E-state index in [1.54, 1.807) is 27.7 Å². The number of benzene rings is 2. The molecule has 3 amide bonds. The van der Waals surface area contributed by atoms with Gasteiger partial charge in [0.1, 0.15) is 17.4 Å². The van der Waals surface area contributed by atoms with E-state index in [0.717, 1.165) is 18.6 Å². The van der Waals surface area contributed by atoms with Crippen LogP contribution >= 0.6 is 0 Å². The van der Waals surface area contributed by atoms with Crippen molar-refractivity contribution in [2.75, 3.05) is 24.5 Å². The number of carbonyl (C=O) groups is 3. The van der Waals surface area contributed by atoms with Crippen LogP contribution in [0.15, 0.2) is 24.3 Å². The zero-order valence-electron chi connectivity index (χ0n) is 23.7. The fourth-order valence-electron chi connectivity index (χ4n) is 5.76. The number of ether oxygens (including phenoxy) is 1. The van der Waals surface area contributed by atoms with Gasteiger partial charge in [0.15, 0.2) is 17.2 Å². The third-order valence-corrected chi connectivity index (χ3v) is 7.84. The van der Waals surface area contributed by atoms with Gasteiger partial charge in [0.2, 0.25) is 5.91 Å². The molecule has 41 heavy (non-hydrogen) atoms. The molecule has 4 rings (SSSR count). The molecule has 1 fully saturated rings. The molecule has 11 heteroatoms. The molecular formula is C30H35F4N3O4. The van der Waals surface area contributed by atoms with Crippen molar-refractivity contribution in [2.45, 2.75) is 77.4 Å². The van der Waals surface area contributed by atoms with Crippen molar-refractivity contribution in [3.8, 4) is 5.75 Å². The molecular weight excluding hydrogens is 542 g/mol. The molecule has 1 N–H and O–H groups in total. The van der Waals surface area contributed by atoms with E-state index in [2.05, 4.69) is 5.32 Å². The number of amides is 3. The first kappa shape index (κ1) is 30.3. The molecule has 2 aromatic carbocycles. The predicted octanol–water partition coefficient (Wildman–Crippen LogP) is 5.46. The van der Waals surface area contributed by atoms with Gasteiger partial charge in [-0.3, -0.25) is 14.4 Å². The first-order chi connectivity index (χ1) is 19.4. The van der Waals surface area contributed by atoms with E-state index in [0.29, 0.717) is 25.3 Å². The van der Waals surface area contributed by atoms with Crippen LogP contribution in [-0.2, 0) is 9.59 Å². The molecule has 0 saturated heterocycles. The zero-order chi connectivity index (χ0) is 30.1. The Morgan fingerprint density at radius 3 is 2.37 bits per heavy atom. The fraction of sp³-hybridized carbons (Fsp3) is 0.500. The Morgan fingerprint density at radius 1 is 1.00 bits per heavy atom. The summed E-state index contributed by atoms with van der Waals surface area (Å²) < 4.78 is 63.8. The van der Waals surface area contributed by atoms with Gasteiger partial charge in [-0.1, -0.05) is 19.8 Å². The molecule has 0 bridgehead atoms. The van der Waals surface area contributed by atoms with E-state index in [1.165, 1.54) is 15.9 Å². The number of hydrogen-bond acceptors (Lipinski definition) is 4. The number of fused-ring (bicyclic) bond motifs is 1. The van der Waals surface area contributed by atoms with Crippen molar-refractivity contribution in [3.05, 3.63) is 58.7 Å². The third-order valence-electron chi connectivity index (χ3n) is 7.84. The zero-order valence-corrected chi connectivity index (χ0v) is 23.7. The number of likely N-dealkylation sites (N-methyl/N-ethyl adjacent to an activating group) is 1. The maximum absolute atomic E-state index is 15.5. The van der Waals surface area contributed by atoms with Crippen LogP contribution in [-0.4, -0.2) is 53.9 Å². The molecule has 1 heterocycles. The minimum absolute atomic E-state index is 0.0210. The van der Waals surface area contributed by atoms with Gasteiger partial charge in [-0.2, -0.15) is 0 Å². The monoisotopic (exact) mass is 577 g/mol. The molecule has 2 aromatic rings. The number of halogens is 4. The van der Waals surface area contributed by atoms with Crippen molar-refractivity contribution in [1.29, 1.82) is 0 Å². The number of nitrogens with one attached hydrogen (secondary N) is 1. The summed E-state index contributed by atoms with van der Waals surface area (Å²) in [6.07, 6.45) is 2.60. The summed E-state index contributed by atoms with van der Waals surface area (Å²) in [5.74, 6) is -6.06. The second kappa shape index (κ2) is 12.1. The van der Waals surface area contributed by atoms with E-state index in [9.17, 15) is 27.6 Å². The highest BCUT2D eigenvalue weighted by molar-refractivity contribution is 6.04. The smallest absolute Gasteiger partial charge is 0.270 e. The van der Waals surface area contributed by atoms with Crippen molar-refractivity contribution in [2.24, 2.45) is 0 Å². The van der Waals surface area contributed by atoms with Crippen LogP contribution in [0.3, 0.4) is 0 Å². The molecule has 1 aliphatic carbocycles. The van der Waals surface area contributed by atoms with Crippen molar-refractivity contribution < 1.29 is 36.7 Å². The van der Waals surface area contributed by atoms with Crippen LogP contribution in [0, 0.1) is 23.3 Å².